The molecule has 0 bridgehead atoms. The zero-order chi connectivity index (χ0) is 13.8. The Kier molecular flexibility index (Phi) is 4.43. The Morgan fingerprint density at radius 3 is 2.50 bits per heavy atom. The van der Waals surface area contributed by atoms with Crippen LogP contribution in [0.15, 0.2) is 36.9 Å². The number of carbonyl (C=O) groups excluding carboxylic acids is 1. The summed E-state index contributed by atoms with van der Waals surface area (Å²) in [5.41, 5.74) is 0.800. The average Bonchev–Trinajstić information content (AvgIpc) is 2.35. The molecule has 0 fully saturated rings. The maximum absolute atomic E-state index is 11.7. The van der Waals surface area contributed by atoms with Crippen molar-refractivity contribution in [3.05, 3.63) is 48.0 Å². The molecule has 0 saturated heterocycles. The fourth-order valence-electron chi connectivity index (χ4n) is 1.98. The number of carboxylic acid groups (broad SMARTS) is 1. The summed E-state index contributed by atoms with van der Waals surface area (Å²) >= 11 is 0. The second kappa shape index (κ2) is 5.63. The van der Waals surface area contributed by atoms with Crippen molar-refractivity contribution < 1.29 is 14.7 Å². The van der Waals surface area contributed by atoms with E-state index in [4.69, 9.17) is 5.11 Å². The molecule has 0 unspecified atom stereocenters. The number of allylic oxidation sites excluding steroid dienone is 1. The Labute approximate surface area is 107 Å². The summed E-state index contributed by atoms with van der Waals surface area (Å²) in [5, 5.41) is 8.84. The first-order valence-electron chi connectivity index (χ1n) is 5.88. The van der Waals surface area contributed by atoms with Crippen molar-refractivity contribution in [3.8, 4) is 0 Å². The molecule has 0 aliphatic rings. The molecular formula is C15H18O3. The standard InChI is InChI=1S/C15H18O3/c1-4-5-10-15(2,3)12-9-7-6-8-11(12)13(16)14(17)18/h4,6-9H,1,5,10H2,2-3H3,(H,17,18). The number of aliphatic carboxylic acids is 1. The lowest BCUT2D eigenvalue weighted by Gasteiger charge is -2.26. The predicted octanol–water partition coefficient (Wildman–Crippen LogP) is 3.20. The number of carbonyl (C=O) groups is 2. The predicted molar refractivity (Wildman–Crippen MR) is 70.9 cm³/mol. The monoisotopic (exact) mass is 246 g/mol. The van der Waals surface area contributed by atoms with Crippen molar-refractivity contribution in [2.24, 2.45) is 0 Å². The van der Waals surface area contributed by atoms with E-state index in [1.165, 1.54) is 0 Å². The molecular weight excluding hydrogens is 228 g/mol. The Morgan fingerprint density at radius 2 is 1.94 bits per heavy atom. The normalized spacial score (nSPS) is 11.0. The number of rotatable bonds is 6. The van der Waals surface area contributed by atoms with Crippen LogP contribution in [0.4, 0.5) is 0 Å². The van der Waals surface area contributed by atoms with Gasteiger partial charge in [0.05, 0.1) is 0 Å². The summed E-state index contributed by atoms with van der Waals surface area (Å²) in [7, 11) is 0. The number of hydrogen-bond donors (Lipinski definition) is 1. The van der Waals surface area contributed by atoms with Crippen LogP contribution in [0.1, 0.15) is 42.6 Å². The maximum Gasteiger partial charge on any atom is 0.377 e. The molecule has 3 heteroatoms. The van der Waals surface area contributed by atoms with Gasteiger partial charge < -0.3 is 5.11 Å². The van der Waals surface area contributed by atoms with Crippen molar-refractivity contribution in [3.63, 3.8) is 0 Å². The van der Waals surface area contributed by atoms with Gasteiger partial charge in [0, 0.05) is 5.56 Å². The molecule has 0 saturated carbocycles. The van der Waals surface area contributed by atoms with E-state index in [2.05, 4.69) is 6.58 Å². The third-order valence-electron chi connectivity index (χ3n) is 3.07. The lowest BCUT2D eigenvalue weighted by molar-refractivity contribution is -0.131. The van der Waals surface area contributed by atoms with E-state index in [1.54, 1.807) is 12.1 Å². The van der Waals surface area contributed by atoms with E-state index in [0.29, 0.717) is 0 Å². The van der Waals surface area contributed by atoms with Gasteiger partial charge in [0.1, 0.15) is 0 Å². The van der Waals surface area contributed by atoms with Crippen LogP contribution < -0.4 is 0 Å². The lowest BCUT2D eigenvalue weighted by atomic mass is 9.77. The molecule has 0 atom stereocenters. The van der Waals surface area contributed by atoms with E-state index in [1.807, 2.05) is 32.1 Å². The van der Waals surface area contributed by atoms with Gasteiger partial charge in [-0.25, -0.2) is 4.79 Å². The van der Waals surface area contributed by atoms with E-state index < -0.39 is 11.8 Å². The molecule has 0 aliphatic heterocycles. The van der Waals surface area contributed by atoms with Crippen LogP contribution in [0.5, 0.6) is 0 Å². The molecule has 96 valence electrons. The van der Waals surface area contributed by atoms with Gasteiger partial charge in [-0.3, -0.25) is 4.79 Å². The summed E-state index contributed by atoms with van der Waals surface area (Å²) in [6, 6.07) is 6.90. The van der Waals surface area contributed by atoms with Gasteiger partial charge in [0.2, 0.25) is 0 Å². The highest BCUT2D eigenvalue weighted by Crippen LogP contribution is 2.31. The molecule has 1 aromatic carbocycles. The van der Waals surface area contributed by atoms with Crippen molar-refractivity contribution >= 4 is 11.8 Å². The topological polar surface area (TPSA) is 54.4 Å². The Balaban J connectivity index is 3.20. The summed E-state index contributed by atoms with van der Waals surface area (Å²) in [5.74, 6) is -2.26. The smallest absolute Gasteiger partial charge is 0.377 e. The summed E-state index contributed by atoms with van der Waals surface area (Å²) in [4.78, 5) is 22.5. The molecule has 18 heavy (non-hydrogen) atoms. The second-order valence-electron chi connectivity index (χ2n) is 4.89. The number of carboxylic acids is 1. The van der Waals surface area contributed by atoms with Crippen LogP contribution in [-0.2, 0) is 10.2 Å². The van der Waals surface area contributed by atoms with Crippen molar-refractivity contribution in [2.75, 3.05) is 0 Å². The third kappa shape index (κ3) is 3.06. The largest absolute Gasteiger partial charge is 0.475 e. The Hall–Kier alpha value is -1.90. The first-order valence-corrected chi connectivity index (χ1v) is 5.88. The molecule has 0 spiro atoms. The molecule has 0 aromatic heterocycles. The van der Waals surface area contributed by atoms with Gasteiger partial charge >= 0.3 is 5.97 Å². The quantitative estimate of drug-likeness (QED) is 0.476. The Morgan fingerprint density at radius 1 is 1.33 bits per heavy atom. The van der Waals surface area contributed by atoms with Gasteiger partial charge in [-0.05, 0) is 23.8 Å². The van der Waals surface area contributed by atoms with Gasteiger partial charge in [0.15, 0.2) is 0 Å². The van der Waals surface area contributed by atoms with Gasteiger partial charge in [-0.2, -0.15) is 0 Å². The van der Waals surface area contributed by atoms with E-state index in [9.17, 15) is 9.59 Å². The van der Waals surface area contributed by atoms with E-state index in [-0.39, 0.29) is 11.0 Å². The summed E-state index contributed by atoms with van der Waals surface area (Å²) < 4.78 is 0. The first kappa shape index (κ1) is 14.2. The number of hydrogen-bond acceptors (Lipinski definition) is 2. The SMILES string of the molecule is C=CCCC(C)(C)c1ccccc1C(=O)C(=O)O. The zero-order valence-electron chi connectivity index (χ0n) is 10.8. The molecule has 1 aromatic rings. The van der Waals surface area contributed by atoms with Crippen LogP contribution in [-0.4, -0.2) is 16.9 Å². The maximum atomic E-state index is 11.7. The fraction of sp³-hybridized carbons (Fsp3) is 0.333. The Bertz CT molecular complexity index is 472. The molecule has 0 amide bonds. The van der Waals surface area contributed by atoms with Crippen molar-refractivity contribution in [1.29, 1.82) is 0 Å². The van der Waals surface area contributed by atoms with Crippen molar-refractivity contribution in [2.45, 2.75) is 32.1 Å². The fourth-order valence-corrected chi connectivity index (χ4v) is 1.98. The number of Topliss-reactive ketones (excluding diaryl/α,β-unsaturated/α-hetero) is 1. The average molecular weight is 246 g/mol. The molecule has 1 rings (SSSR count). The highest BCUT2D eigenvalue weighted by molar-refractivity contribution is 6.40. The minimum atomic E-state index is -1.41. The van der Waals surface area contributed by atoms with Gasteiger partial charge in [0.25, 0.3) is 5.78 Å². The van der Waals surface area contributed by atoms with Crippen molar-refractivity contribution in [1.82, 2.24) is 0 Å². The van der Waals surface area contributed by atoms with Gasteiger partial charge in [-0.15, -0.1) is 6.58 Å². The van der Waals surface area contributed by atoms with E-state index >= 15 is 0 Å². The molecule has 1 N–H and O–H groups in total. The highest BCUT2D eigenvalue weighted by Gasteiger charge is 2.27. The van der Waals surface area contributed by atoms with E-state index in [0.717, 1.165) is 18.4 Å². The molecule has 0 aliphatic carbocycles. The third-order valence-corrected chi connectivity index (χ3v) is 3.07. The lowest BCUT2D eigenvalue weighted by Crippen LogP contribution is -2.23. The molecule has 0 heterocycles. The summed E-state index contributed by atoms with van der Waals surface area (Å²) in [6.45, 7) is 7.69. The molecule has 3 nitrogen and oxygen atoms in total. The zero-order valence-corrected chi connectivity index (χ0v) is 10.8. The van der Waals surface area contributed by atoms with Crippen LogP contribution in [0.25, 0.3) is 0 Å². The second-order valence-corrected chi connectivity index (χ2v) is 4.89. The van der Waals surface area contributed by atoms with Crippen LogP contribution in [0, 0.1) is 0 Å². The van der Waals surface area contributed by atoms with Crippen LogP contribution >= 0.6 is 0 Å². The van der Waals surface area contributed by atoms with Gasteiger partial charge in [-0.1, -0.05) is 44.2 Å². The minimum Gasteiger partial charge on any atom is -0.475 e. The number of ketones is 1. The van der Waals surface area contributed by atoms with Crippen LogP contribution in [0.2, 0.25) is 0 Å². The highest BCUT2D eigenvalue weighted by atomic mass is 16.4. The number of benzene rings is 1. The van der Waals surface area contributed by atoms with Crippen LogP contribution in [0.3, 0.4) is 0 Å². The molecule has 0 radical (unpaired) electrons. The first-order chi connectivity index (χ1) is 8.40. The summed E-state index contributed by atoms with van der Waals surface area (Å²) in [6.07, 6.45) is 3.46. The minimum absolute atomic E-state index is 0.254.